The number of benzene rings is 1. The summed E-state index contributed by atoms with van der Waals surface area (Å²) in [6, 6.07) is 7.78. The van der Waals surface area contributed by atoms with E-state index in [9.17, 15) is 9.59 Å². The maximum atomic E-state index is 13.0. The Hall–Kier alpha value is -2.08. The van der Waals surface area contributed by atoms with Crippen molar-refractivity contribution in [2.24, 2.45) is 5.92 Å². The van der Waals surface area contributed by atoms with Crippen LogP contribution >= 0.6 is 0 Å². The van der Waals surface area contributed by atoms with E-state index in [1.165, 1.54) is 0 Å². The van der Waals surface area contributed by atoms with Gasteiger partial charge in [0.15, 0.2) is 0 Å². The molecule has 2 heterocycles. The van der Waals surface area contributed by atoms with Crippen LogP contribution in [0.1, 0.15) is 25.7 Å². The minimum atomic E-state index is -0.0572. The quantitative estimate of drug-likeness (QED) is 0.818. The minimum Gasteiger partial charge on any atom is -0.491 e. The summed E-state index contributed by atoms with van der Waals surface area (Å²) in [6.07, 6.45) is 3.43. The van der Waals surface area contributed by atoms with Gasteiger partial charge in [0.2, 0.25) is 11.8 Å². The molecule has 0 radical (unpaired) electrons. The molecule has 0 aromatic heterocycles. The van der Waals surface area contributed by atoms with Gasteiger partial charge in [0.1, 0.15) is 12.3 Å². The molecule has 1 atom stereocenters. The van der Waals surface area contributed by atoms with Crippen molar-refractivity contribution in [3.63, 3.8) is 0 Å². The molecule has 0 unspecified atom stereocenters. The third-order valence-corrected chi connectivity index (χ3v) is 5.11. The maximum absolute atomic E-state index is 13.0. The first kappa shape index (κ1) is 16.4. The summed E-state index contributed by atoms with van der Waals surface area (Å²) in [5.41, 5.74) is 0.693. The zero-order valence-electron chi connectivity index (χ0n) is 14.4. The molecular formula is C19H24N2O4. The number of anilines is 1. The predicted octanol–water partition coefficient (Wildman–Crippen LogP) is 1.83. The average molecular weight is 344 g/mol. The summed E-state index contributed by atoms with van der Waals surface area (Å²) >= 11 is 0. The molecule has 1 aliphatic carbocycles. The van der Waals surface area contributed by atoms with Crippen molar-refractivity contribution < 1.29 is 19.1 Å². The molecule has 6 nitrogen and oxygen atoms in total. The smallest absolute Gasteiger partial charge is 0.242 e. The van der Waals surface area contributed by atoms with E-state index in [2.05, 4.69) is 0 Å². The fourth-order valence-electron chi connectivity index (χ4n) is 3.57. The normalized spacial score (nSPS) is 23.0. The van der Waals surface area contributed by atoms with Crippen molar-refractivity contribution in [2.75, 3.05) is 37.8 Å². The second kappa shape index (κ2) is 7.04. The van der Waals surface area contributed by atoms with Crippen molar-refractivity contribution in [2.45, 2.75) is 31.7 Å². The third kappa shape index (κ3) is 3.63. The summed E-state index contributed by atoms with van der Waals surface area (Å²) in [6.45, 7) is 2.70. The monoisotopic (exact) mass is 344 g/mol. The van der Waals surface area contributed by atoms with Crippen molar-refractivity contribution in [1.29, 1.82) is 0 Å². The number of rotatable bonds is 5. The van der Waals surface area contributed by atoms with E-state index in [0.717, 1.165) is 39.0 Å². The van der Waals surface area contributed by atoms with Crippen LogP contribution in [0.4, 0.5) is 5.69 Å². The lowest BCUT2D eigenvalue weighted by Crippen LogP contribution is -2.45. The molecule has 2 fully saturated rings. The first-order chi connectivity index (χ1) is 12.2. The lowest BCUT2D eigenvalue weighted by atomic mass is 10.1. The number of amides is 2. The molecule has 0 N–H and O–H groups in total. The molecule has 1 saturated heterocycles. The van der Waals surface area contributed by atoms with Gasteiger partial charge in [-0.05, 0) is 31.4 Å². The number of para-hydroxylation sites is 2. The molecular weight excluding hydrogens is 320 g/mol. The van der Waals surface area contributed by atoms with Gasteiger partial charge < -0.3 is 14.4 Å². The third-order valence-electron chi connectivity index (χ3n) is 5.11. The number of nitrogens with zero attached hydrogens (tertiary/aromatic N) is 2. The fourth-order valence-corrected chi connectivity index (χ4v) is 3.57. The van der Waals surface area contributed by atoms with Gasteiger partial charge >= 0.3 is 0 Å². The van der Waals surface area contributed by atoms with Crippen molar-refractivity contribution in [3.8, 4) is 5.75 Å². The molecule has 4 rings (SSSR count). The van der Waals surface area contributed by atoms with Crippen LogP contribution in [0, 0.1) is 5.92 Å². The van der Waals surface area contributed by atoms with Crippen LogP contribution in [0.3, 0.4) is 0 Å². The van der Waals surface area contributed by atoms with E-state index in [-0.39, 0.29) is 18.4 Å². The largest absolute Gasteiger partial charge is 0.491 e. The molecule has 25 heavy (non-hydrogen) atoms. The lowest BCUT2D eigenvalue weighted by Gasteiger charge is -2.29. The van der Waals surface area contributed by atoms with Gasteiger partial charge in [-0.3, -0.25) is 14.5 Å². The van der Waals surface area contributed by atoms with Crippen molar-refractivity contribution in [3.05, 3.63) is 24.3 Å². The lowest BCUT2D eigenvalue weighted by molar-refractivity contribution is -0.132. The van der Waals surface area contributed by atoms with E-state index < -0.39 is 0 Å². The zero-order valence-corrected chi connectivity index (χ0v) is 14.4. The Kier molecular flexibility index (Phi) is 4.61. The SMILES string of the molecule is O=C1CCOc2ccccc2N1CC(=O)N(C[C@H]1CCOC1)C1CC1. The Morgan fingerprint density at radius 3 is 2.80 bits per heavy atom. The van der Waals surface area contributed by atoms with Crippen LogP contribution in [-0.2, 0) is 14.3 Å². The van der Waals surface area contributed by atoms with Crippen LogP contribution in [0.5, 0.6) is 5.75 Å². The van der Waals surface area contributed by atoms with E-state index >= 15 is 0 Å². The molecule has 2 aliphatic heterocycles. The summed E-state index contributed by atoms with van der Waals surface area (Å²) in [7, 11) is 0. The second-order valence-electron chi connectivity index (χ2n) is 7.05. The summed E-state index contributed by atoms with van der Waals surface area (Å²) in [4.78, 5) is 29.1. The zero-order chi connectivity index (χ0) is 17.2. The number of hydrogen-bond donors (Lipinski definition) is 0. The highest BCUT2D eigenvalue weighted by molar-refractivity contribution is 6.00. The van der Waals surface area contributed by atoms with Gasteiger partial charge in [-0.2, -0.15) is 0 Å². The second-order valence-corrected chi connectivity index (χ2v) is 7.05. The summed E-state index contributed by atoms with van der Waals surface area (Å²) in [5, 5.41) is 0. The van der Waals surface area contributed by atoms with Crippen molar-refractivity contribution >= 4 is 17.5 Å². The molecule has 134 valence electrons. The maximum Gasteiger partial charge on any atom is 0.242 e. The van der Waals surface area contributed by atoms with Gasteiger partial charge in [0.05, 0.1) is 25.3 Å². The van der Waals surface area contributed by atoms with Gasteiger partial charge in [0.25, 0.3) is 0 Å². The van der Waals surface area contributed by atoms with Gasteiger partial charge in [0, 0.05) is 25.1 Å². The molecule has 2 amide bonds. The Bertz CT molecular complexity index is 653. The van der Waals surface area contributed by atoms with Crippen LogP contribution in [-0.4, -0.2) is 55.7 Å². The van der Waals surface area contributed by atoms with Crippen LogP contribution in [0.25, 0.3) is 0 Å². The van der Waals surface area contributed by atoms with E-state index in [0.29, 0.717) is 36.4 Å². The topological polar surface area (TPSA) is 59.1 Å². The van der Waals surface area contributed by atoms with Crippen LogP contribution in [0.2, 0.25) is 0 Å². The number of carbonyl (C=O) groups is 2. The minimum absolute atomic E-state index is 0.0273. The van der Waals surface area contributed by atoms with E-state index in [4.69, 9.17) is 9.47 Å². The Labute approximate surface area is 147 Å². The molecule has 1 saturated carbocycles. The van der Waals surface area contributed by atoms with Gasteiger partial charge in [-0.15, -0.1) is 0 Å². The average Bonchev–Trinajstić information content (AvgIpc) is 3.35. The summed E-state index contributed by atoms with van der Waals surface area (Å²) in [5.74, 6) is 1.06. The molecule has 0 spiro atoms. The first-order valence-corrected chi connectivity index (χ1v) is 9.12. The van der Waals surface area contributed by atoms with Crippen LogP contribution < -0.4 is 9.64 Å². The predicted molar refractivity (Wildman–Crippen MR) is 92.6 cm³/mol. The molecule has 0 bridgehead atoms. The Morgan fingerprint density at radius 2 is 2.04 bits per heavy atom. The highest BCUT2D eigenvalue weighted by Crippen LogP contribution is 2.33. The standard InChI is InChI=1S/C19H24N2O4/c22-18-8-10-25-17-4-2-1-3-16(17)21(18)12-19(23)20(15-5-6-15)11-14-7-9-24-13-14/h1-4,14-15H,5-13H2/t14-/m1/s1. The molecule has 6 heteroatoms. The number of carbonyl (C=O) groups excluding carboxylic acids is 2. The number of fused-ring (bicyclic) bond motifs is 1. The highest BCUT2D eigenvalue weighted by atomic mass is 16.5. The molecule has 1 aromatic carbocycles. The van der Waals surface area contributed by atoms with E-state index in [1.807, 2.05) is 29.2 Å². The summed E-state index contributed by atoms with van der Waals surface area (Å²) < 4.78 is 11.1. The van der Waals surface area contributed by atoms with Gasteiger partial charge in [-0.25, -0.2) is 0 Å². The molecule has 3 aliphatic rings. The van der Waals surface area contributed by atoms with E-state index in [1.54, 1.807) is 4.90 Å². The Morgan fingerprint density at radius 1 is 1.20 bits per heavy atom. The Balaban J connectivity index is 1.50. The first-order valence-electron chi connectivity index (χ1n) is 9.12. The fraction of sp³-hybridized carbons (Fsp3) is 0.579. The number of ether oxygens (including phenoxy) is 2. The molecule has 1 aromatic rings. The number of hydrogen-bond acceptors (Lipinski definition) is 4. The highest BCUT2D eigenvalue weighted by Gasteiger charge is 2.36. The van der Waals surface area contributed by atoms with Crippen molar-refractivity contribution in [1.82, 2.24) is 4.90 Å². The van der Waals surface area contributed by atoms with Crippen LogP contribution in [0.15, 0.2) is 24.3 Å². The van der Waals surface area contributed by atoms with Gasteiger partial charge in [-0.1, -0.05) is 12.1 Å².